The SMILES string of the molecule is [2H]c1c([2H])c(CSc2nc(=O)c3c(n2CC(=O)N(CCN(CC)CC)Cc2c([2H])c([2H])c(-c4c([2H])c([2H])c(C(F)(F)F)c([2H])c4[2H])c([2H])c2[2H])C([2H])([2H])C([2H])([2H])C3([2H])[2H])c([2H])c([2H])c1F. The maximum Gasteiger partial charge on any atom is 0.416 e. The Hall–Kier alpha value is -3.96. The summed E-state index contributed by atoms with van der Waals surface area (Å²) in [5.41, 5.74) is -8.17. The average molecular weight is 685 g/mol. The van der Waals surface area contributed by atoms with Gasteiger partial charge in [0.25, 0.3) is 5.56 Å². The van der Waals surface area contributed by atoms with Gasteiger partial charge in [-0.2, -0.15) is 18.2 Å². The second-order valence-electron chi connectivity index (χ2n) is 9.91. The Morgan fingerprint density at radius 2 is 1.55 bits per heavy atom. The summed E-state index contributed by atoms with van der Waals surface area (Å²) < 4.78 is 208. The van der Waals surface area contributed by atoms with Crippen molar-refractivity contribution in [3.8, 4) is 11.1 Å². The Kier molecular flexibility index (Phi) is 5.85. The van der Waals surface area contributed by atoms with E-state index in [4.69, 9.17) is 24.7 Å². The predicted molar refractivity (Wildman–Crippen MR) is 177 cm³/mol. The first-order valence-corrected chi connectivity index (χ1v) is 15.1. The highest BCUT2D eigenvalue weighted by Gasteiger charge is 2.30. The first-order valence-electron chi connectivity index (χ1n) is 23.1. The Morgan fingerprint density at radius 1 is 0.936 bits per heavy atom. The fourth-order valence-corrected chi connectivity index (χ4v) is 5.24. The molecule has 1 aromatic heterocycles. The first kappa shape index (κ1) is 18.0. The van der Waals surface area contributed by atoms with Gasteiger partial charge in [0.05, 0.1) is 22.0 Å². The average Bonchev–Trinajstić information content (AvgIpc) is 3.33. The monoisotopic (exact) mass is 684 g/mol. The van der Waals surface area contributed by atoms with Gasteiger partial charge < -0.3 is 14.4 Å². The van der Waals surface area contributed by atoms with Crippen LogP contribution in [0, 0.1) is 5.82 Å². The molecule has 0 bridgehead atoms. The number of carbonyl (C=O) groups is 1. The number of carbonyl (C=O) groups excluding carboxylic acids is 1. The minimum absolute atomic E-state index is 0.0789. The number of likely N-dealkylation sites (N-methyl/N-ethyl adjacent to an activating group) is 1. The number of hydrogen-bond donors (Lipinski definition) is 0. The van der Waals surface area contributed by atoms with E-state index >= 15 is 0 Å². The highest BCUT2D eigenvalue weighted by atomic mass is 32.2. The van der Waals surface area contributed by atoms with Crippen molar-refractivity contribution in [2.75, 3.05) is 26.2 Å². The van der Waals surface area contributed by atoms with Crippen LogP contribution in [-0.2, 0) is 42.6 Å². The van der Waals surface area contributed by atoms with Crippen molar-refractivity contribution in [3.05, 3.63) is 117 Å². The lowest BCUT2D eigenvalue weighted by atomic mass is 10.0. The summed E-state index contributed by atoms with van der Waals surface area (Å²) >= 11 is 0.434. The highest BCUT2D eigenvalue weighted by Crippen LogP contribution is 2.31. The summed E-state index contributed by atoms with van der Waals surface area (Å²) in [4.78, 5) is 34.8. The van der Waals surface area contributed by atoms with Crippen LogP contribution in [0.25, 0.3) is 11.1 Å². The Labute approximate surface area is 301 Å². The third-order valence-corrected chi connectivity index (χ3v) is 7.92. The molecule has 0 atom stereocenters. The van der Waals surface area contributed by atoms with E-state index in [1.807, 2.05) is 4.90 Å². The second kappa shape index (κ2) is 15.3. The number of halogens is 4. The van der Waals surface area contributed by atoms with Gasteiger partial charge in [0, 0.05) is 44.9 Å². The zero-order valence-corrected chi connectivity index (χ0v) is 25.8. The first-order chi connectivity index (χ1) is 29.8. The number of fused-ring (bicyclic) bond motifs is 1. The third-order valence-electron chi connectivity index (χ3n) is 6.92. The summed E-state index contributed by atoms with van der Waals surface area (Å²) in [6.07, 6.45) is -15.5. The Balaban J connectivity index is 1.69. The molecule has 0 unspecified atom stereocenters. The molecule has 5 rings (SSSR count). The maximum absolute atomic E-state index is 14.7. The molecular weight excluding hydrogens is 628 g/mol. The number of thioether (sulfide) groups is 1. The summed E-state index contributed by atoms with van der Waals surface area (Å²) in [6.45, 7) is 2.36. The lowest BCUT2D eigenvalue weighted by Gasteiger charge is -2.28. The van der Waals surface area contributed by atoms with Gasteiger partial charge in [-0.25, -0.2) is 4.39 Å². The molecule has 1 heterocycles. The number of alkyl halides is 3. The number of benzene rings is 3. The molecule has 4 aromatic rings. The van der Waals surface area contributed by atoms with Gasteiger partial charge >= 0.3 is 6.18 Å². The molecule has 3 aromatic carbocycles. The van der Waals surface area contributed by atoms with Crippen LogP contribution in [0.3, 0.4) is 0 Å². The Bertz CT molecular complexity index is 2590. The zero-order valence-electron chi connectivity index (χ0n) is 43.0. The molecule has 0 aliphatic heterocycles. The molecule has 47 heavy (non-hydrogen) atoms. The molecule has 1 aliphatic carbocycles. The fraction of sp³-hybridized carbons (Fsp3) is 0.361. The normalized spacial score (nSPS) is 21.5. The van der Waals surface area contributed by atoms with E-state index in [0.29, 0.717) is 29.4 Å². The maximum atomic E-state index is 14.7. The van der Waals surface area contributed by atoms with Crippen LogP contribution >= 0.6 is 11.8 Å². The molecule has 0 radical (unpaired) electrons. The fourth-order valence-electron chi connectivity index (χ4n) is 4.36. The topological polar surface area (TPSA) is 58.4 Å². The van der Waals surface area contributed by atoms with Crippen molar-refractivity contribution in [2.24, 2.45) is 0 Å². The quantitative estimate of drug-likeness (QED) is 0.0846. The van der Waals surface area contributed by atoms with Crippen LogP contribution in [0.4, 0.5) is 17.6 Å². The summed E-state index contributed by atoms with van der Waals surface area (Å²) in [5.74, 6) is -3.14. The molecule has 6 nitrogen and oxygen atoms in total. The van der Waals surface area contributed by atoms with Crippen LogP contribution in [0.15, 0.2) is 82.5 Å². The molecular formula is C36H38F4N4O2S. The van der Waals surface area contributed by atoms with Crippen molar-refractivity contribution < 1.29 is 47.0 Å². The van der Waals surface area contributed by atoms with Crippen LogP contribution < -0.4 is 5.56 Å². The zero-order chi connectivity index (χ0) is 49.4. The molecule has 0 fully saturated rings. The molecule has 0 N–H and O–H groups in total. The van der Waals surface area contributed by atoms with Crippen molar-refractivity contribution in [2.45, 2.75) is 63.1 Å². The van der Waals surface area contributed by atoms with Gasteiger partial charge in [-0.1, -0.05) is 73.9 Å². The molecule has 0 spiro atoms. The van der Waals surface area contributed by atoms with E-state index in [2.05, 4.69) is 4.98 Å². The summed E-state index contributed by atoms with van der Waals surface area (Å²) in [7, 11) is 0. The van der Waals surface area contributed by atoms with Crippen LogP contribution in [0.2, 0.25) is 0 Å². The highest BCUT2D eigenvalue weighted by molar-refractivity contribution is 7.98. The van der Waals surface area contributed by atoms with E-state index in [1.165, 1.54) is 0 Å². The van der Waals surface area contributed by atoms with Crippen molar-refractivity contribution >= 4 is 17.7 Å². The molecule has 11 heteroatoms. The van der Waals surface area contributed by atoms with Crippen molar-refractivity contribution in [1.29, 1.82) is 0 Å². The smallest absolute Gasteiger partial charge is 0.336 e. The molecule has 1 aliphatic rings. The lowest BCUT2D eigenvalue weighted by molar-refractivity contribution is -0.137. The van der Waals surface area contributed by atoms with E-state index in [1.54, 1.807) is 13.8 Å². The molecule has 0 saturated carbocycles. The van der Waals surface area contributed by atoms with E-state index in [0.717, 1.165) is 4.90 Å². The number of aromatic nitrogens is 2. The van der Waals surface area contributed by atoms with E-state index < -0.39 is 178 Å². The Morgan fingerprint density at radius 3 is 2.17 bits per heavy atom. The number of amides is 1. The molecule has 1 amide bonds. The minimum atomic E-state index is -5.33. The number of nitrogens with zero attached hydrogens (tertiary/aromatic N) is 4. The van der Waals surface area contributed by atoms with Gasteiger partial charge in [-0.15, -0.1) is 0 Å². The summed E-state index contributed by atoms with van der Waals surface area (Å²) in [6, 6.07) is -13.2. The molecule has 248 valence electrons. The number of hydrogen-bond acceptors (Lipinski definition) is 5. The minimum Gasteiger partial charge on any atom is -0.336 e. The van der Waals surface area contributed by atoms with Crippen LogP contribution in [0.1, 0.15) is 72.8 Å². The standard InChI is InChI=1S/C36H38F4N4O2S/c1-3-42(4-2)20-21-43(22-25-8-12-27(13-9-25)28-14-16-29(17-15-28)36(38,39)40)33(45)23-44-32-7-5-6-31(32)34(46)41-35(44)47-24-26-10-18-30(37)19-11-26/h8-19H,3-7,20-24H2,1-2H3/i5D2,6D2,7D2,8D,9D,10D,11D,12D,13D,14D,15D,16D,17D,18D,19D. The van der Waals surface area contributed by atoms with Crippen molar-refractivity contribution in [1.82, 2.24) is 19.4 Å². The van der Waals surface area contributed by atoms with Crippen LogP contribution in [0.5, 0.6) is 0 Å². The van der Waals surface area contributed by atoms with Gasteiger partial charge in [0.1, 0.15) is 12.4 Å². The predicted octanol–water partition coefficient (Wildman–Crippen LogP) is 7.22. The second-order valence-corrected chi connectivity index (χ2v) is 10.9. The van der Waals surface area contributed by atoms with Gasteiger partial charge in [0.15, 0.2) is 5.16 Å². The third kappa shape index (κ3) is 8.70. The van der Waals surface area contributed by atoms with E-state index in [9.17, 15) is 27.2 Å². The van der Waals surface area contributed by atoms with Crippen LogP contribution in [-0.4, -0.2) is 51.4 Å². The van der Waals surface area contributed by atoms with E-state index in [-0.39, 0.29) is 13.1 Å². The van der Waals surface area contributed by atoms with Crippen molar-refractivity contribution in [3.63, 3.8) is 0 Å². The van der Waals surface area contributed by atoms with Gasteiger partial charge in [-0.3, -0.25) is 9.59 Å². The number of rotatable bonds is 13. The van der Waals surface area contributed by atoms with Gasteiger partial charge in [0.2, 0.25) is 5.91 Å². The largest absolute Gasteiger partial charge is 0.416 e. The summed E-state index contributed by atoms with van der Waals surface area (Å²) in [5, 5.41) is -0.602. The lowest BCUT2D eigenvalue weighted by Crippen LogP contribution is -2.40. The van der Waals surface area contributed by atoms with Gasteiger partial charge in [-0.05, 0) is 78.6 Å². The molecule has 0 saturated heterocycles.